The molecule has 2 aromatic carbocycles. The molecule has 0 saturated carbocycles. The summed E-state index contributed by atoms with van der Waals surface area (Å²) in [5, 5.41) is 1.43. The molecule has 23 heavy (non-hydrogen) atoms. The molecule has 3 rings (SSSR count). The first-order chi connectivity index (χ1) is 11.1. The molecule has 1 aromatic heterocycles. The molecule has 1 amide bonds. The van der Waals surface area contributed by atoms with Gasteiger partial charge in [0.2, 0.25) is 11.0 Å². The summed E-state index contributed by atoms with van der Waals surface area (Å²) < 4.78 is 0.898. The lowest BCUT2D eigenvalue weighted by atomic mass is 10.3. The summed E-state index contributed by atoms with van der Waals surface area (Å²) in [7, 11) is 0. The van der Waals surface area contributed by atoms with Crippen LogP contribution in [-0.4, -0.2) is 16.6 Å². The maximum Gasteiger partial charge on any atom is 0.248 e. The molecular weight excluding hydrogens is 373 g/mol. The van der Waals surface area contributed by atoms with Gasteiger partial charge in [-0.25, -0.2) is 4.98 Å². The molecule has 118 valence electrons. The van der Waals surface area contributed by atoms with Crippen LogP contribution < -0.4 is 10.9 Å². The molecule has 0 saturated heterocycles. The minimum absolute atomic E-state index is 0.137. The van der Waals surface area contributed by atoms with E-state index in [0.29, 0.717) is 26.4 Å². The summed E-state index contributed by atoms with van der Waals surface area (Å²) in [6, 6.07) is 13.3. The predicted molar refractivity (Wildman–Crippen MR) is 98.6 cm³/mol. The molecule has 0 unspecified atom stereocenters. The van der Waals surface area contributed by atoms with E-state index in [9.17, 15) is 4.79 Å². The predicted octanol–water partition coefficient (Wildman–Crippen LogP) is 4.84. The van der Waals surface area contributed by atoms with E-state index in [1.54, 1.807) is 6.07 Å². The third-order valence-electron chi connectivity index (χ3n) is 2.87. The molecule has 8 heteroatoms. The average molecular weight is 384 g/mol. The fourth-order valence-corrected chi connectivity index (χ4v) is 3.78. The zero-order chi connectivity index (χ0) is 16.2. The normalized spacial score (nSPS) is 10.7. The Kier molecular flexibility index (Phi) is 5.27. The number of carbonyl (C=O) groups excluding carboxylic acids is 1. The van der Waals surface area contributed by atoms with Gasteiger partial charge in [-0.2, -0.15) is 0 Å². The molecule has 0 spiro atoms. The Morgan fingerprint density at radius 1 is 1.17 bits per heavy atom. The number of hydrogen-bond acceptors (Lipinski definition) is 5. The van der Waals surface area contributed by atoms with Crippen LogP contribution in [0.5, 0.6) is 0 Å². The Balaban J connectivity index is 1.58. The topological polar surface area (TPSA) is 54.0 Å². The average Bonchev–Trinajstić information content (AvgIpc) is 2.99. The number of hydrogen-bond donors (Lipinski definition) is 2. The van der Waals surface area contributed by atoms with Gasteiger partial charge in [0, 0.05) is 4.90 Å². The molecule has 0 aliphatic carbocycles. The zero-order valence-corrected chi connectivity index (χ0v) is 14.8. The van der Waals surface area contributed by atoms with E-state index < -0.39 is 0 Å². The maximum absolute atomic E-state index is 11.9. The monoisotopic (exact) mass is 383 g/mol. The Hall–Kier alpha value is -1.47. The van der Waals surface area contributed by atoms with Crippen molar-refractivity contribution >= 4 is 67.6 Å². The van der Waals surface area contributed by atoms with Gasteiger partial charge < -0.3 is 0 Å². The fraction of sp³-hybridized carbons (Fsp3) is 0.0667. The van der Waals surface area contributed by atoms with Crippen LogP contribution in [0, 0.1) is 0 Å². The van der Waals surface area contributed by atoms with Crippen molar-refractivity contribution in [2.24, 2.45) is 0 Å². The Morgan fingerprint density at radius 2 is 1.96 bits per heavy atom. The first kappa shape index (κ1) is 16.4. The standard InChI is InChI=1S/C15H11Cl2N3OS2/c16-10-6-7-11-14(13(10)17)18-15(23-11)20-19-12(21)8-22-9-4-2-1-3-5-9/h1-7H,8H2,(H,18,20)(H,19,21). The van der Waals surface area contributed by atoms with Crippen molar-refractivity contribution in [3.05, 3.63) is 52.5 Å². The minimum Gasteiger partial charge on any atom is -0.273 e. The van der Waals surface area contributed by atoms with E-state index in [0.717, 1.165) is 9.60 Å². The molecular formula is C15H11Cl2N3OS2. The van der Waals surface area contributed by atoms with Gasteiger partial charge in [-0.1, -0.05) is 52.7 Å². The second-order valence-corrected chi connectivity index (χ2v) is 7.37. The summed E-state index contributed by atoms with van der Waals surface area (Å²) in [5.74, 6) is 0.177. The highest BCUT2D eigenvalue weighted by Crippen LogP contribution is 2.34. The van der Waals surface area contributed by atoms with Crippen molar-refractivity contribution in [3.63, 3.8) is 0 Å². The second kappa shape index (κ2) is 7.40. The van der Waals surface area contributed by atoms with Crippen LogP contribution in [0.3, 0.4) is 0 Å². The van der Waals surface area contributed by atoms with Crippen molar-refractivity contribution in [3.8, 4) is 0 Å². The smallest absolute Gasteiger partial charge is 0.248 e. The van der Waals surface area contributed by atoms with Gasteiger partial charge in [0.15, 0.2) is 0 Å². The highest BCUT2D eigenvalue weighted by Gasteiger charge is 2.10. The number of nitrogens with zero attached hydrogens (tertiary/aromatic N) is 1. The number of anilines is 1. The number of benzene rings is 2. The molecule has 1 heterocycles. The summed E-state index contributed by atoms with van der Waals surface area (Å²) in [4.78, 5) is 17.2. The van der Waals surface area contributed by atoms with Crippen LogP contribution in [0.4, 0.5) is 5.13 Å². The van der Waals surface area contributed by atoms with Crippen LogP contribution in [0.2, 0.25) is 10.0 Å². The van der Waals surface area contributed by atoms with Crippen LogP contribution >= 0.6 is 46.3 Å². The number of aromatic nitrogens is 1. The highest BCUT2D eigenvalue weighted by atomic mass is 35.5. The maximum atomic E-state index is 11.9. The van der Waals surface area contributed by atoms with Crippen molar-refractivity contribution in [2.45, 2.75) is 4.90 Å². The number of thiazole rings is 1. The third kappa shape index (κ3) is 4.09. The molecule has 2 N–H and O–H groups in total. The molecule has 4 nitrogen and oxygen atoms in total. The van der Waals surface area contributed by atoms with Gasteiger partial charge in [0.25, 0.3) is 0 Å². The zero-order valence-electron chi connectivity index (χ0n) is 11.7. The number of thioether (sulfide) groups is 1. The van der Waals surface area contributed by atoms with Gasteiger partial charge in [-0.05, 0) is 24.3 Å². The number of carbonyl (C=O) groups is 1. The van der Waals surface area contributed by atoms with E-state index in [2.05, 4.69) is 15.8 Å². The Labute approximate surface area is 151 Å². The molecule has 0 bridgehead atoms. The number of hydrazine groups is 1. The van der Waals surface area contributed by atoms with E-state index in [4.69, 9.17) is 23.2 Å². The number of amides is 1. The first-order valence-electron chi connectivity index (χ1n) is 6.61. The van der Waals surface area contributed by atoms with Crippen molar-refractivity contribution < 1.29 is 4.79 Å². The molecule has 0 aliphatic heterocycles. The van der Waals surface area contributed by atoms with Crippen molar-refractivity contribution in [2.75, 3.05) is 11.2 Å². The van der Waals surface area contributed by atoms with Gasteiger partial charge in [-0.3, -0.25) is 15.6 Å². The molecule has 0 fully saturated rings. The van der Waals surface area contributed by atoms with Crippen molar-refractivity contribution in [1.29, 1.82) is 0 Å². The number of rotatable bonds is 5. The number of nitrogens with one attached hydrogen (secondary N) is 2. The number of halogens is 2. The lowest BCUT2D eigenvalue weighted by Crippen LogP contribution is -2.30. The summed E-state index contributed by atoms with van der Waals surface area (Å²) >= 11 is 14.9. The lowest BCUT2D eigenvalue weighted by molar-refractivity contribution is -0.118. The van der Waals surface area contributed by atoms with E-state index in [1.165, 1.54) is 23.1 Å². The van der Waals surface area contributed by atoms with Crippen LogP contribution in [0.15, 0.2) is 47.4 Å². The summed E-state index contributed by atoms with van der Waals surface area (Å²) in [5.41, 5.74) is 6.06. The lowest BCUT2D eigenvalue weighted by Gasteiger charge is -2.05. The van der Waals surface area contributed by atoms with Crippen LogP contribution in [-0.2, 0) is 4.79 Å². The Bertz CT molecular complexity index is 839. The third-order valence-corrected chi connectivity index (χ3v) is 5.62. The molecule has 0 atom stereocenters. The van der Waals surface area contributed by atoms with Crippen LogP contribution in [0.25, 0.3) is 10.2 Å². The SMILES string of the molecule is O=C(CSc1ccccc1)NNc1nc2c(Cl)c(Cl)ccc2s1. The number of fused-ring (bicyclic) bond motifs is 1. The van der Waals surface area contributed by atoms with Gasteiger partial charge in [0.05, 0.1) is 20.5 Å². The fourth-order valence-electron chi connectivity index (χ4n) is 1.82. The molecule has 0 aliphatic rings. The quantitative estimate of drug-likeness (QED) is 0.488. The van der Waals surface area contributed by atoms with Crippen LogP contribution in [0.1, 0.15) is 0 Å². The van der Waals surface area contributed by atoms with E-state index in [1.807, 2.05) is 36.4 Å². The van der Waals surface area contributed by atoms with Gasteiger partial charge in [-0.15, -0.1) is 11.8 Å². The first-order valence-corrected chi connectivity index (χ1v) is 9.16. The van der Waals surface area contributed by atoms with E-state index in [-0.39, 0.29) is 5.91 Å². The minimum atomic E-state index is -0.137. The Morgan fingerprint density at radius 3 is 2.74 bits per heavy atom. The largest absolute Gasteiger partial charge is 0.273 e. The molecule has 3 aromatic rings. The molecule has 0 radical (unpaired) electrons. The van der Waals surface area contributed by atoms with Crippen molar-refractivity contribution in [1.82, 2.24) is 10.4 Å². The van der Waals surface area contributed by atoms with Gasteiger partial charge >= 0.3 is 0 Å². The van der Waals surface area contributed by atoms with Gasteiger partial charge in [0.1, 0.15) is 5.52 Å². The van der Waals surface area contributed by atoms with E-state index >= 15 is 0 Å². The second-order valence-electron chi connectivity index (χ2n) is 4.50. The highest BCUT2D eigenvalue weighted by molar-refractivity contribution is 8.00. The summed E-state index contributed by atoms with van der Waals surface area (Å²) in [6.07, 6.45) is 0. The summed E-state index contributed by atoms with van der Waals surface area (Å²) in [6.45, 7) is 0.